The number of aryl methyl sites for hydroxylation is 1. The highest BCUT2D eigenvalue weighted by Crippen LogP contribution is 2.34. The van der Waals surface area contributed by atoms with E-state index < -0.39 is 0 Å². The summed E-state index contributed by atoms with van der Waals surface area (Å²) in [5.74, 6) is 8.04. The van der Waals surface area contributed by atoms with Gasteiger partial charge >= 0.3 is 0 Å². The Kier molecular flexibility index (Phi) is 3.15. The lowest BCUT2D eigenvalue weighted by atomic mass is 10.0. The molecule has 1 aromatic carbocycles. The normalized spacial score (nSPS) is 15.3. The van der Waals surface area contributed by atoms with Gasteiger partial charge in [0.25, 0.3) is 0 Å². The van der Waals surface area contributed by atoms with E-state index in [0.29, 0.717) is 13.2 Å². The molecule has 1 unspecified atom stereocenters. The quantitative estimate of drug-likeness (QED) is 0.651. The van der Waals surface area contributed by atoms with Crippen molar-refractivity contribution in [2.75, 3.05) is 13.2 Å². The van der Waals surface area contributed by atoms with E-state index in [1.54, 1.807) is 6.26 Å². The van der Waals surface area contributed by atoms with Crippen LogP contribution in [0.2, 0.25) is 0 Å². The van der Waals surface area contributed by atoms with Crippen LogP contribution in [-0.4, -0.2) is 13.2 Å². The first-order chi connectivity index (χ1) is 9.28. The fraction of sp³-hybridized carbons (Fsp3) is 0.286. The number of benzene rings is 1. The standard InChI is InChI=1S/C14H16N2O3/c1-9-6-11(8-19-9)14(16-15)10-2-3-12-13(7-10)18-5-4-17-12/h2-3,6-8,14,16H,4-5,15H2,1H3. The second-order valence-electron chi connectivity index (χ2n) is 4.49. The molecule has 0 amide bonds. The maximum absolute atomic E-state index is 5.66. The summed E-state index contributed by atoms with van der Waals surface area (Å²) in [6, 6.07) is 7.65. The fourth-order valence-corrected chi connectivity index (χ4v) is 2.24. The maximum atomic E-state index is 5.66. The van der Waals surface area contributed by atoms with Crippen LogP contribution in [0.5, 0.6) is 11.5 Å². The van der Waals surface area contributed by atoms with E-state index in [4.69, 9.17) is 19.7 Å². The first kappa shape index (κ1) is 12.1. The van der Waals surface area contributed by atoms with Crippen molar-refractivity contribution in [2.24, 2.45) is 5.84 Å². The Balaban J connectivity index is 1.95. The van der Waals surface area contributed by atoms with Crippen molar-refractivity contribution in [1.29, 1.82) is 0 Å². The van der Waals surface area contributed by atoms with Gasteiger partial charge < -0.3 is 13.9 Å². The predicted octanol–water partition coefficient (Wildman–Crippen LogP) is 1.91. The molecule has 1 atom stereocenters. The van der Waals surface area contributed by atoms with E-state index in [1.165, 1.54) is 0 Å². The summed E-state index contributed by atoms with van der Waals surface area (Å²) in [7, 11) is 0. The summed E-state index contributed by atoms with van der Waals surface area (Å²) >= 11 is 0. The van der Waals surface area contributed by atoms with Crippen LogP contribution in [0, 0.1) is 6.92 Å². The lowest BCUT2D eigenvalue weighted by Gasteiger charge is -2.21. The summed E-state index contributed by atoms with van der Waals surface area (Å²) in [5.41, 5.74) is 4.79. The highest BCUT2D eigenvalue weighted by molar-refractivity contribution is 5.46. The van der Waals surface area contributed by atoms with Gasteiger partial charge in [-0.05, 0) is 30.7 Å². The predicted molar refractivity (Wildman–Crippen MR) is 70.0 cm³/mol. The third-order valence-corrected chi connectivity index (χ3v) is 3.15. The first-order valence-electron chi connectivity index (χ1n) is 6.18. The molecule has 2 aromatic rings. The molecule has 2 heterocycles. The van der Waals surface area contributed by atoms with E-state index in [-0.39, 0.29) is 6.04 Å². The summed E-state index contributed by atoms with van der Waals surface area (Å²) in [5, 5.41) is 0. The first-order valence-corrected chi connectivity index (χ1v) is 6.18. The zero-order valence-corrected chi connectivity index (χ0v) is 10.7. The van der Waals surface area contributed by atoms with Gasteiger partial charge in [-0.2, -0.15) is 0 Å². The monoisotopic (exact) mass is 260 g/mol. The molecule has 19 heavy (non-hydrogen) atoms. The van der Waals surface area contributed by atoms with Crippen LogP contribution in [0.3, 0.4) is 0 Å². The average molecular weight is 260 g/mol. The molecule has 1 aliphatic heterocycles. The van der Waals surface area contributed by atoms with Gasteiger partial charge in [0.1, 0.15) is 19.0 Å². The Labute approximate surface area is 111 Å². The van der Waals surface area contributed by atoms with Gasteiger partial charge in [-0.15, -0.1) is 0 Å². The molecular weight excluding hydrogens is 244 g/mol. The highest BCUT2D eigenvalue weighted by Gasteiger charge is 2.18. The molecule has 0 saturated carbocycles. The van der Waals surface area contributed by atoms with E-state index in [9.17, 15) is 0 Å². The van der Waals surface area contributed by atoms with Gasteiger partial charge in [-0.1, -0.05) is 6.07 Å². The van der Waals surface area contributed by atoms with Crippen molar-refractivity contribution < 1.29 is 13.9 Å². The Bertz CT molecular complexity index is 580. The van der Waals surface area contributed by atoms with Crippen LogP contribution < -0.4 is 20.7 Å². The number of rotatable bonds is 3. The van der Waals surface area contributed by atoms with E-state index in [0.717, 1.165) is 28.4 Å². The maximum Gasteiger partial charge on any atom is 0.161 e. The minimum absolute atomic E-state index is 0.131. The Morgan fingerprint density at radius 3 is 2.58 bits per heavy atom. The summed E-state index contributed by atoms with van der Waals surface area (Å²) < 4.78 is 16.4. The van der Waals surface area contributed by atoms with Crippen LogP contribution >= 0.6 is 0 Å². The molecule has 1 aromatic heterocycles. The number of furan rings is 1. The Hall–Kier alpha value is -1.98. The fourth-order valence-electron chi connectivity index (χ4n) is 2.24. The van der Waals surface area contributed by atoms with Crippen molar-refractivity contribution in [3.8, 4) is 11.5 Å². The summed E-state index contributed by atoms with van der Waals surface area (Å²) in [6.07, 6.45) is 1.71. The Morgan fingerprint density at radius 1 is 1.11 bits per heavy atom. The zero-order valence-electron chi connectivity index (χ0n) is 10.7. The van der Waals surface area contributed by atoms with Gasteiger partial charge in [0.15, 0.2) is 11.5 Å². The molecule has 0 spiro atoms. The van der Waals surface area contributed by atoms with Crippen molar-refractivity contribution >= 4 is 0 Å². The van der Waals surface area contributed by atoms with Gasteiger partial charge in [-0.25, -0.2) is 5.43 Å². The van der Waals surface area contributed by atoms with Crippen molar-refractivity contribution in [2.45, 2.75) is 13.0 Å². The number of hydrazine groups is 1. The molecule has 0 saturated heterocycles. The van der Waals surface area contributed by atoms with Crippen molar-refractivity contribution in [3.63, 3.8) is 0 Å². The molecule has 100 valence electrons. The van der Waals surface area contributed by atoms with Gasteiger partial charge in [-0.3, -0.25) is 5.84 Å². The van der Waals surface area contributed by atoms with Gasteiger partial charge in [0.05, 0.1) is 12.3 Å². The molecule has 0 radical (unpaired) electrons. The second-order valence-corrected chi connectivity index (χ2v) is 4.49. The Morgan fingerprint density at radius 2 is 1.89 bits per heavy atom. The number of nitrogens with two attached hydrogens (primary N) is 1. The number of nitrogens with one attached hydrogen (secondary N) is 1. The van der Waals surface area contributed by atoms with Crippen LogP contribution in [-0.2, 0) is 0 Å². The van der Waals surface area contributed by atoms with Crippen LogP contribution in [0.4, 0.5) is 0 Å². The van der Waals surface area contributed by atoms with E-state index >= 15 is 0 Å². The molecule has 5 nitrogen and oxygen atoms in total. The third kappa shape index (κ3) is 2.30. The average Bonchev–Trinajstić information content (AvgIpc) is 2.86. The van der Waals surface area contributed by atoms with Crippen LogP contribution in [0.1, 0.15) is 22.9 Å². The molecule has 5 heteroatoms. The van der Waals surface area contributed by atoms with Gasteiger partial charge in [0, 0.05) is 5.56 Å². The number of hydrogen-bond acceptors (Lipinski definition) is 5. The largest absolute Gasteiger partial charge is 0.486 e. The highest BCUT2D eigenvalue weighted by atomic mass is 16.6. The number of hydrogen-bond donors (Lipinski definition) is 2. The SMILES string of the molecule is Cc1cc(C(NN)c2ccc3c(c2)OCCO3)co1. The third-order valence-electron chi connectivity index (χ3n) is 3.15. The lowest BCUT2D eigenvalue weighted by Crippen LogP contribution is -2.28. The summed E-state index contributed by atoms with van der Waals surface area (Å²) in [6.45, 7) is 3.06. The molecule has 0 fully saturated rings. The van der Waals surface area contributed by atoms with Crippen LogP contribution in [0.15, 0.2) is 34.9 Å². The van der Waals surface area contributed by atoms with Crippen molar-refractivity contribution in [1.82, 2.24) is 5.43 Å². The molecule has 3 N–H and O–H groups in total. The van der Waals surface area contributed by atoms with Gasteiger partial charge in [0.2, 0.25) is 0 Å². The molecule has 1 aliphatic rings. The summed E-state index contributed by atoms with van der Waals surface area (Å²) in [4.78, 5) is 0. The lowest BCUT2D eigenvalue weighted by molar-refractivity contribution is 0.171. The topological polar surface area (TPSA) is 69.7 Å². The van der Waals surface area contributed by atoms with E-state index in [2.05, 4.69) is 5.43 Å². The number of fused-ring (bicyclic) bond motifs is 1. The molecule has 0 aliphatic carbocycles. The minimum Gasteiger partial charge on any atom is -0.486 e. The van der Waals surface area contributed by atoms with Crippen LogP contribution in [0.25, 0.3) is 0 Å². The van der Waals surface area contributed by atoms with E-state index in [1.807, 2.05) is 31.2 Å². The minimum atomic E-state index is -0.131. The number of ether oxygens (including phenoxy) is 2. The second kappa shape index (κ2) is 4.95. The zero-order chi connectivity index (χ0) is 13.2. The molecular formula is C14H16N2O3. The van der Waals surface area contributed by atoms with Crippen molar-refractivity contribution in [3.05, 3.63) is 47.4 Å². The molecule has 0 bridgehead atoms. The molecule has 3 rings (SSSR count). The smallest absolute Gasteiger partial charge is 0.161 e.